The minimum absolute atomic E-state index is 0.00462. The summed E-state index contributed by atoms with van der Waals surface area (Å²) in [6.07, 6.45) is 2.89. The molecule has 1 heterocycles. The van der Waals surface area contributed by atoms with E-state index in [0.717, 1.165) is 19.3 Å². The third kappa shape index (κ3) is 4.77. The van der Waals surface area contributed by atoms with Gasteiger partial charge < -0.3 is 9.64 Å². The molecule has 1 aliphatic rings. The van der Waals surface area contributed by atoms with Gasteiger partial charge in [0.15, 0.2) is 0 Å². The number of carbonyl (C=O) groups excluding carboxylic acids is 2. The molecule has 1 atom stereocenters. The lowest BCUT2D eigenvalue weighted by atomic mass is 10.0. The highest BCUT2D eigenvalue weighted by Gasteiger charge is 2.28. The zero-order valence-electron chi connectivity index (χ0n) is 14.3. The van der Waals surface area contributed by atoms with Gasteiger partial charge in [-0.25, -0.2) is 0 Å². The summed E-state index contributed by atoms with van der Waals surface area (Å²) in [5, 5.41) is 0. The number of benzene rings is 2. The van der Waals surface area contributed by atoms with Gasteiger partial charge in [-0.3, -0.25) is 9.59 Å². The van der Waals surface area contributed by atoms with E-state index in [-0.39, 0.29) is 6.10 Å². The molecule has 4 nitrogen and oxygen atoms in total. The molecular weight excluding hydrogens is 314 g/mol. The Morgan fingerprint density at radius 1 is 1.00 bits per heavy atom. The highest BCUT2D eigenvalue weighted by Crippen LogP contribution is 2.14. The Labute approximate surface area is 148 Å². The van der Waals surface area contributed by atoms with Crippen molar-refractivity contribution < 1.29 is 14.3 Å². The maximum Gasteiger partial charge on any atom is 0.295 e. The van der Waals surface area contributed by atoms with Crippen LogP contribution in [0.15, 0.2) is 60.7 Å². The van der Waals surface area contributed by atoms with E-state index in [1.807, 2.05) is 24.3 Å². The van der Waals surface area contributed by atoms with Crippen LogP contribution in [0.25, 0.3) is 0 Å². The van der Waals surface area contributed by atoms with Crippen LogP contribution in [0, 0.1) is 0 Å². The third-order valence-electron chi connectivity index (χ3n) is 4.49. The van der Waals surface area contributed by atoms with Crippen molar-refractivity contribution in [3.8, 4) is 0 Å². The number of ketones is 1. The Morgan fingerprint density at radius 2 is 1.68 bits per heavy atom. The predicted molar refractivity (Wildman–Crippen MR) is 96.5 cm³/mol. The normalized spacial score (nSPS) is 17.3. The first-order valence-electron chi connectivity index (χ1n) is 8.78. The van der Waals surface area contributed by atoms with Crippen LogP contribution in [0.5, 0.6) is 0 Å². The van der Waals surface area contributed by atoms with Crippen LogP contribution in [0.2, 0.25) is 0 Å². The summed E-state index contributed by atoms with van der Waals surface area (Å²) in [5.74, 6) is -0.868. The van der Waals surface area contributed by atoms with E-state index in [1.54, 1.807) is 29.2 Å². The second kappa shape index (κ2) is 8.58. The summed E-state index contributed by atoms with van der Waals surface area (Å²) in [6, 6.07) is 19.1. The molecule has 0 aliphatic carbocycles. The molecule has 0 aromatic heterocycles. The van der Waals surface area contributed by atoms with Crippen LogP contribution in [0.4, 0.5) is 0 Å². The zero-order chi connectivity index (χ0) is 17.5. The summed E-state index contributed by atoms with van der Waals surface area (Å²) in [6.45, 7) is 1.46. The number of Topliss-reactive ketones (excluding diaryl/α,β-unsaturated/α-hetero) is 1. The maximum atomic E-state index is 12.5. The molecular formula is C21H23NO3. The second-order valence-corrected chi connectivity index (χ2v) is 6.32. The molecule has 130 valence electrons. The molecule has 0 saturated carbocycles. The van der Waals surface area contributed by atoms with Gasteiger partial charge in [0.2, 0.25) is 5.78 Å². The number of nitrogens with zero attached hydrogens (tertiary/aromatic N) is 1. The summed E-state index contributed by atoms with van der Waals surface area (Å²) in [7, 11) is 0. The first kappa shape index (κ1) is 17.4. The quantitative estimate of drug-likeness (QED) is 0.601. The number of hydrogen-bond acceptors (Lipinski definition) is 3. The minimum Gasteiger partial charge on any atom is -0.375 e. The molecule has 1 saturated heterocycles. The van der Waals surface area contributed by atoms with Gasteiger partial charge in [-0.05, 0) is 24.8 Å². The summed E-state index contributed by atoms with van der Waals surface area (Å²) in [5.41, 5.74) is 1.75. The van der Waals surface area contributed by atoms with Gasteiger partial charge in [-0.15, -0.1) is 0 Å². The Kier molecular flexibility index (Phi) is 5.96. The molecule has 1 amide bonds. The first-order valence-corrected chi connectivity index (χ1v) is 8.78. The lowest BCUT2D eigenvalue weighted by molar-refractivity contribution is -0.134. The van der Waals surface area contributed by atoms with Crippen molar-refractivity contribution in [3.63, 3.8) is 0 Å². The van der Waals surface area contributed by atoms with E-state index in [2.05, 4.69) is 12.1 Å². The molecule has 4 heteroatoms. The molecule has 0 spiro atoms. The lowest BCUT2D eigenvalue weighted by Gasteiger charge is -2.32. The molecule has 1 aliphatic heterocycles. The molecule has 0 N–H and O–H groups in total. The van der Waals surface area contributed by atoms with E-state index >= 15 is 0 Å². The van der Waals surface area contributed by atoms with Crippen LogP contribution in [0.3, 0.4) is 0 Å². The summed E-state index contributed by atoms with van der Waals surface area (Å²) >= 11 is 0. The lowest BCUT2D eigenvalue weighted by Crippen LogP contribution is -2.48. The van der Waals surface area contributed by atoms with E-state index in [9.17, 15) is 9.59 Å². The standard InChI is InChI=1S/C21H23NO3/c23-20(18-11-5-2-6-12-18)21(24)22-14-15-25-19(16-22)13-7-10-17-8-3-1-4-9-17/h1-6,8-9,11-12,19H,7,10,13-16H2. The van der Waals surface area contributed by atoms with Crippen molar-refractivity contribution in [2.75, 3.05) is 19.7 Å². The number of hydrogen-bond donors (Lipinski definition) is 0. The Bertz CT molecular complexity index is 700. The van der Waals surface area contributed by atoms with Crippen molar-refractivity contribution in [1.82, 2.24) is 4.90 Å². The Hall–Kier alpha value is -2.46. The molecule has 1 unspecified atom stereocenters. The van der Waals surface area contributed by atoms with Crippen LogP contribution >= 0.6 is 0 Å². The van der Waals surface area contributed by atoms with Crippen LogP contribution in [-0.4, -0.2) is 42.4 Å². The highest BCUT2D eigenvalue weighted by atomic mass is 16.5. The third-order valence-corrected chi connectivity index (χ3v) is 4.49. The minimum atomic E-state index is -0.439. The highest BCUT2D eigenvalue weighted by molar-refractivity contribution is 6.42. The van der Waals surface area contributed by atoms with Gasteiger partial charge >= 0.3 is 0 Å². The monoisotopic (exact) mass is 337 g/mol. The van der Waals surface area contributed by atoms with E-state index in [1.165, 1.54) is 5.56 Å². The second-order valence-electron chi connectivity index (χ2n) is 6.32. The van der Waals surface area contributed by atoms with E-state index < -0.39 is 11.7 Å². The molecule has 2 aromatic rings. The van der Waals surface area contributed by atoms with Gasteiger partial charge in [0, 0.05) is 18.7 Å². The van der Waals surface area contributed by atoms with Gasteiger partial charge in [0.1, 0.15) is 0 Å². The van der Waals surface area contributed by atoms with Gasteiger partial charge in [-0.1, -0.05) is 60.7 Å². The zero-order valence-corrected chi connectivity index (χ0v) is 14.3. The molecule has 0 radical (unpaired) electrons. The fourth-order valence-electron chi connectivity index (χ4n) is 3.11. The Balaban J connectivity index is 1.50. The fraction of sp³-hybridized carbons (Fsp3) is 0.333. The SMILES string of the molecule is O=C(C(=O)N1CCOC(CCCc2ccccc2)C1)c1ccccc1. The average molecular weight is 337 g/mol. The summed E-state index contributed by atoms with van der Waals surface area (Å²) in [4.78, 5) is 26.4. The van der Waals surface area contributed by atoms with E-state index in [4.69, 9.17) is 4.74 Å². The summed E-state index contributed by atoms with van der Waals surface area (Å²) < 4.78 is 5.78. The fourth-order valence-corrected chi connectivity index (χ4v) is 3.11. The van der Waals surface area contributed by atoms with Crippen molar-refractivity contribution in [2.24, 2.45) is 0 Å². The predicted octanol–water partition coefficient (Wildman–Crippen LogP) is 3.12. The maximum absolute atomic E-state index is 12.5. The van der Waals surface area contributed by atoms with Gasteiger partial charge in [0.25, 0.3) is 5.91 Å². The molecule has 25 heavy (non-hydrogen) atoms. The largest absolute Gasteiger partial charge is 0.375 e. The van der Waals surface area contributed by atoms with Crippen molar-refractivity contribution in [2.45, 2.75) is 25.4 Å². The number of aryl methyl sites for hydroxylation is 1. The van der Waals surface area contributed by atoms with Crippen molar-refractivity contribution >= 4 is 11.7 Å². The van der Waals surface area contributed by atoms with Crippen molar-refractivity contribution in [1.29, 1.82) is 0 Å². The van der Waals surface area contributed by atoms with Crippen LogP contribution in [-0.2, 0) is 16.0 Å². The van der Waals surface area contributed by atoms with Crippen molar-refractivity contribution in [3.05, 3.63) is 71.8 Å². The number of amides is 1. The van der Waals surface area contributed by atoms with Gasteiger partial charge in [0.05, 0.1) is 12.7 Å². The topological polar surface area (TPSA) is 46.6 Å². The van der Waals surface area contributed by atoms with Crippen LogP contribution < -0.4 is 0 Å². The van der Waals surface area contributed by atoms with Crippen LogP contribution in [0.1, 0.15) is 28.8 Å². The Morgan fingerprint density at radius 3 is 2.40 bits per heavy atom. The number of rotatable bonds is 6. The molecule has 0 bridgehead atoms. The first-order chi connectivity index (χ1) is 12.2. The average Bonchev–Trinajstić information content (AvgIpc) is 2.68. The smallest absolute Gasteiger partial charge is 0.295 e. The number of morpholine rings is 1. The number of ether oxygens (including phenoxy) is 1. The van der Waals surface area contributed by atoms with Gasteiger partial charge in [-0.2, -0.15) is 0 Å². The molecule has 2 aromatic carbocycles. The number of carbonyl (C=O) groups is 2. The molecule has 3 rings (SSSR count). The molecule has 1 fully saturated rings. The van der Waals surface area contributed by atoms with E-state index in [0.29, 0.717) is 25.3 Å².